The lowest BCUT2D eigenvalue weighted by Crippen LogP contribution is -2.37. The molecule has 4 atom stereocenters. The summed E-state index contributed by atoms with van der Waals surface area (Å²) in [5, 5.41) is 10.0. The minimum Gasteiger partial charge on any atom is -0.389 e. The molecule has 1 aliphatic rings. The van der Waals surface area contributed by atoms with E-state index >= 15 is 0 Å². The standard InChI is InChI=1S/C14H30N2O3/c1-11-6-16(8-14(11)15(3)4)7-13(17)10-19-12(2)9-18-5/h11-14,17H,6-10H2,1-5H3. The molecule has 0 amide bonds. The Kier molecular flexibility index (Phi) is 7.25. The van der Waals surface area contributed by atoms with E-state index in [-0.39, 0.29) is 6.10 Å². The highest BCUT2D eigenvalue weighted by molar-refractivity contribution is 4.87. The van der Waals surface area contributed by atoms with Crippen LogP contribution in [0.25, 0.3) is 0 Å². The quantitative estimate of drug-likeness (QED) is 0.689. The van der Waals surface area contributed by atoms with Crippen LogP contribution in [0.1, 0.15) is 13.8 Å². The molecular formula is C14H30N2O3. The van der Waals surface area contributed by atoms with Gasteiger partial charge >= 0.3 is 0 Å². The van der Waals surface area contributed by atoms with Gasteiger partial charge in [-0.15, -0.1) is 0 Å². The van der Waals surface area contributed by atoms with Gasteiger partial charge in [0, 0.05) is 32.8 Å². The molecule has 5 nitrogen and oxygen atoms in total. The van der Waals surface area contributed by atoms with E-state index in [0.717, 1.165) is 13.1 Å². The smallest absolute Gasteiger partial charge is 0.0900 e. The summed E-state index contributed by atoms with van der Waals surface area (Å²) in [6.45, 7) is 7.93. The van der Waals surface area contributed by atoms with E-state index in [4.69, 9.17) is 9.47 Å². The van der Waals surface area contributed by atoms with Crippen LogP contribution in [0.2, 0.25) is 0 Å². The van der Waals surface area contributed by atoms with E-state index in [0.29, 0.717) is 31.7 Å². The van der Waals surface area contributed by atoms with Gasteiger partial charge in [0.25, 0.3) is 0 Å². The van der Waals surface area contributed by atoms with Crippen molar-refractivity contribution in [1.29, 1.82) is 0 Å². The molecule has 114 valence electrons. The minimum atomic E-state index is -0.424. The second-order valence-corrected chi connectivity index (χ2v) is 5.98. The average Bonchev–Trinajstić information content (AvgIpc) is 2.68. The van der Waals surface area contributed by atoms with Gasteiger partial charge in [-0.1, -0.05) is 6.92 Å². The number of methoxy groups -OCH3 is 1. The molecule has 0 aromatic heterocycles. The summed E-state index contributed by atoms with van der Waals surface area (Å²) in [5.41, 5.74) is 0. The van der Waals surface area contributed by atoms with Crippen LogP contribution in [0.3, 0.4) is 0 Å². The van der Waals surface area contributed by atoms with Crippen LogP contribution in [0, 0.1) is 5.92 Å². The summed E-state index contributed by atoms with van der Waals surface area (Å²) < 4.78 is 10.5. The van der Waals surface area contributed by atoms with E-state index in [1.54, 1.807) is 7.11 Å². The van der Waals surface area contributed by atoms with Crippen LogP contribution in [-0.2, 0) is 9.47 Å². The predicted octanol–water partition coefficient (Wildman–Crippen LogP) is 0.281. The van der Waals surface area contributed by atoms with Crippen LogP contribution < -0.4 is 0 Å². The third-order valence-corrected chi connectivity index (χ3v) is 3.76. The molecule has 1 fully saturated rings. The molecule has 0 aromatic rings. The predicted molar refractivity (Wildman–Crippen MR) is 76.4 cm³/mol. The minimum absolute atomic E-state index is 0.0340. The van der Waals surface area contributed by atoms with E-state index < -0.39 is 6.10 Å². The SMILES string of the molecule is COCC(C)OCC(O)CN1CC(C)C(N(C)C)C1. The molecule has 0 bridgehead atoms. The van der Waals surface area contributed by atoms with E-state index in [9.17, 15) is 5.11 Å². The lowest BCUT2D eigenvalue weighted by Gasteiger charge is -2.23. The van der Waals surface area contributed by atoms with Gasteiger partial charge in [0.2, 0.25) is 0 Å². The van der Waals surface area contributed by atoms with Crippen LogP contribution in [0.5, 0.6) is 0 Å². The van der Waals surface area contributed by atoms with Crippen LogP contribution in [0.15, 0.2) is 0 Å². The van der Waals surface area contributed by atoms with Crippen molar-refractivity contribution in [2.75, 3.05) is 54.1 Å². The van der Waals surface area contributed by atoms with E-state index in [1.165, 1.54) is 0 Å². The molecule has 1 N–H and O–H groups in total. The molecule has 0 spiro atoms. The highest BCUT2D eigenvalue weighted by Gasteiger charge is 2.31. The average molecular weight is 274 g/mol. The molecule has 0 saturated carbocycles. The van der Waals surface area contributed by atoms with Gasteiger partial charge < -0.3 is 19.5 Å². The number of β-amino-alcohol motifs (C(OH)–C–C–N with tert-alkyl or cyclic N) is 1. The van der Waals surface area contributed by atoms with Crippen molar-refractivity contribution < 1.29 is 14.6 Å². The third-order valence-electron chi connectivity index (χ3n) is 3.76. The number of likely N-dealkylation sites (tertiary alicyclic amines) is 1. The third kappa shape index (κ3) is 5.75. The Morgan fingerprint density at radius 2 is 2.00 bits per heavy atom. The fraction of sp³-hybridized carbons (Fsp3) is 1.00. The fourth-order valence-electron chi connectivity index (χ4n) is 2.78. The molecule has 19 heavy (non-hydrogen) atoms. The highest BCUT2D eigenvalue weighted by atomic mass is 16.5. The molecule has 1 heterocycles. The van der Waals surface area contributed by atoms with Crippen LogP contribution >= 0.6 is 0 Å². The maximum atomic E-state index is 10.0. The second-order valence-electron chi connectivity index (χ2n) is 5.98. The van der Waals surface area contributed by atoms with Crippen molar-refractivity contribution in [3.63, 3.8) is 0 Å². The Morgan fingerprint density at radius 3 is 2.53 bits per heavy atom. The Balaban J connectivity index is 2.24. The number of hydrogen-bond donors (Lipinski definition) is 1. The van der Waals surface area contributed by atoms with E-state index in [1.807, 2.05) is 6.92 Å². The largest absolute Gasteiger partial charge is 0.389 e. The first-order valence-electron chi connectivity index (χ1n) is 7.11. The second kappa shape index (κ2) is 8.17. The summed E-state index contributed by atoms with van der Waals surface area (Å²) in [5.74, 6) is 0.649. The maximum Gasteiger partial charge on any atom is 0.0900 e. The van der Waals surface area contributed by atoms with Gasteiger partial charge in [-0.2, -0.15) is 0 Å². The number of hydrogen-bond acceptors (Lipinski definition) is 5. The molecule has 1 rings (SSSR count). The zero-order valence-corrected chi connectivity index (χ0v) is 13.0. The molecular weight excluding hydrogens is 244 g/mol. The van der Waals surface area contributed by atoms with Crippen molar-refractivity contribution in [3.8, 4) is 0 Å². The summed E-state index contributed by atoms with van der Waals surface area (Å²) in [6.07, 6.45) is -0.390. The molecule has 5 heteroatoms. The van der Waals surface area contributed by atoms with Gasteiger partial charge in [-0.05, 0) is 26.9 Å². The van der Waals surface area contributed by atoms with Gasteiger partial charge in [-0.3, -0.25) is 4.90 Å². The first-order valence-corrected chi connectivity index (χ1v) is 7.11. The Morgan fingerprint density at radius 1 is 1.32 bits per heavy atom. The normalized spacial score (nSPS) is 27.9. The highest BCUT2D eigenvalue weighted by Crippen LogP contribution is 2.19. The van der Waals surface area contributed by atoms with Gasteiger partial charge in [0.15, 0.2) is 0 Å². The molecule has 1 saturated heterocycles. The monoisotopic (exact) mass is 274 g/mol. The Hall–Kier alpha value is -0.200. The first kappa shape index (κ1) is 16.9. The van der Waals surface area contributed by atoms with Crippen molar-refractivity contribution in [2.45, 2.75) is 32.1 Å². The lowest BCUT2D eigenvalue weighted by atomic mass is 10.1. The maximum absolute atomic E-state index is 10.0. The fourth-order valence-corrected chi connectivity index (χ4v) is 2.78. The zero-order chi connectivity index (χ0) is 14.4. The topological polar surface area (TPSA) is 45.2 Å². The van der Waals surface area contributed by atoms with Crippen LogP contribution in [0.4, 0.5) is 0 Å². The van der Waals surface area contributed by atoms with Gasteiger partial charge in [0.1, 0.15) is 0 Å². The summed E-state index contributed by atoms with van der Waals surface area (Å²) in [7, 11) is 5.90. The van der Waals surface area contributed by atoms with Crippen molar-refractivity contribution in [1.82, 2.24) is 9.80 Å². The molecule has 0 radical (unpaired) electrons. The molecule has 4 unspecified atom stereocenters. The van der Waals surface area contributed by atoms with Crippen molar-refractivity contribution in [2.24, 2.45) is 5.92 Å². The lowest BCUT2D eigenvalue weighted by molar-refractivity contribution is -0.0386. The molecule has 1 aliphatic heterocycles. The first-order chi connectivity index (χ1) is 8.93. The van der Waals surface area contributed by atoms with Gasteiger partial charge in [-0.25, -0.2) is 0 Å². The Bertz CT molecular complexity index is 251. The Labute approximate surface area is 117 Å². The number of likely N-dealkylation sites (N-methyl/N-ethyl adjacent to an activating group) is 1. The van der Waals surface area contributed by atoms with Crippen LogP contribution in [-0.4, -0.2) is 87.2 Å². The summed E-state index contributed by atoms with van der Waals surface area (Å²) in [6, 6.07) is 0.584. The molecule has 0 aliphatic carbocycles. The zero-order valence-electron chi connectivity index (χ0n) is 13.0. The van der Waals surface area contributed by atoms with E-state index in [2.05, 4.69) is 30.8 Å². The number of nitrogens with zero attached hydrogens (tertiary/aromatic N) is 2. The number of rotatable bonds is 8. The number of aliphatic hydroxyl groups excluding tert-OH is 1. The number of aliphatic hydroxyl groups is 1. The van der Waals surface area contributed by atoms with Crippen molar-refractivity contribution >= 4 is 0 Å². The van der Waals surface area contributed by atoms with Crippen molar-refractivity contribution in [3.05, 3.63) is 0 Å². The summed E-state index contributed by atoms with van der Waals surface area (Å²) in [4.78, 5) is 4.60. The number of ether oxygens (including phenoxy) is 2. The molecule has 0 aromatic carbocycles. The van der Waals surface area contributed by atoms with Gasteiger partial charge in [0.05, 0.1) is 25.4 Å². The summed E-state index contributed by atoms with van der Waals surface area (Å²) >= 11 is 0.